The van der Waals surface area contributed by atoms with Crippen molar-refractivity contribution < 1.29 is 8.42 Å². The minimum atomic E-state index is -3.34. The minimum absolute atomic E-state index is 0.544. The van der Waals surface area contributed by atoms with Crippen LogP contribution in [0.15, 0.2) is 22.7 Å². The van der Waals surface area contributed by atoms with Crippen LogP contribution in [0.1, 0.15) is 12.0 Å². The summed E-state index contributed by atoms with van der Waals surface area (Å²) in [6.45, 7) is 3.11. The van der Waals surface area contributed by atoms with E-state index in [9.17, 15) is 8.42 Å². The molecule has 1 aromatic carbocycles. The molecule has 4 nitrogen and oxygen atoms in total. The van der Waals surface area contributed by atoms with Crippen molar-refractivity contribution >= 4 is 31.8 Å². The molecule has 0 unspecified atom stereocenters. The summed E-state index contributed by atoms with van der Waals surface area (Å²) in [6, 6.07) is 5.62. The van der Waals surface area contributed by atoms with Gasteiger partial charge in [0.05, 0.1) is 5.69 Å². The van der Waals surface area contributed by atoms with Crippen molar-refractivity contribution in [3.63, 3.8) is 0 Å². The number of nitrogens with zero attached hydrogens (tertiary/aromatic N) is 2. The Hall–Kier alpha value is -0.590. The van der Waals surface area contributed by atoms with Crippen LogP contribution in [0.25, 0.3) is 0 Å². The maximum atomic E-state index is 12.1. The molecule has 6 heteroatoms. The molecule has 0 radical (unpaired) electrons. The van der Waals surface area contributed by atoms with Crippen LogP contribution in [0.2, 0.25) is 0 Å². The first-order valence-corrected chi connectivity index (χ1v) is 7.62. The molecular weight excluding hydrogens is 304 g/mol. The van der Waals surface area contributed by atoms with Crippen LogP contribution in [0.3, 0.4) is 0 Å². The zero-order valence-corrected chi connectivity index (χ0v) is 12.3. The third-order valence-electron chi connectivity index (χ3n) is 2.95. The lowest BCUT2D eigenvalue weighted by molar-refractivity contribution is 0.438. The summed E-state index contributed by atoms with van der Waals surface area (Å²) < 4.78 is 28.1. The number of anilines is 1. The van der Waals surface area contributed by atoms with Gasteiger partial charge >= 0.3 is 10.2 Å². The molecule has 17 heavy (non-hydrogen) atoms. The maximum Gasteiger partial charge on any atom is 0.303 e. The summed E-state index contributed by atoms with van der Waals surface area (Å²) in [5.41, 5.74) is 1.81. The Labute approximate surface area is 111 Å². The average molecular weight is 319 g/mol. The lowest BCUT2D eigenvalue weighted by Gasteiger charge is -2.34. The quantitative estimate of drug-likeness (QED) is 0.796. The van der Waals surface area contributed by atoms with E-state index in [0.29, 0.717) is 18.8 Å². The van der Waals surface area contributed by atoms with Crippen LogP contribution in [-0.2, 0) is 10.2 Å². The molecule has 0 aliphatic carbocycles. The van der Waals surface area contributed by atoms with Gasteiger partial charge < -0.3 is 0 Å². The molecule has 1 heterocycles. The standard InChI is InChI=1S/C11H15BrN2O2S/c1-9-4-5-10(8-11(9)12)14-7-3-6-13(2)17(14,15)16/h4-5,8H,3,6-7H2,1-2H3. The highest BCUT2D eigenvalue weighted by Crippen LogP contribution is 2.28. The molecule has 0 saturated carbocycles. The summed E-state index contributed by atoms with van der Waals surface area (Å²) >= 11 is 3.43. The van der Waals surface area contributed by atoms with E-state index in [1.807, 2.05) is 25.1 Å². The zero-order chi connectivity index (χ0) is 12.6. The third kappa shape index (κ3) is 2.34. The summed E-state index contributed by atoms with van der Waals surface area (Å²) in [5.74, 6) is 0. The minimum Gasteiger partial charge on any atom is -0.258 e. The molecule has 0 bridgehead atoms. The van der Waals surface area contributed by atoms with Gasteiger partial charge in [-0.15, -0.1) is 0 Å². The largest absolute Gasteiger partial charge is 0.303 e. The van der Waals surface area contributed by atoms with Gasteiger partial charge in [0.1, 0.15) is 0 Å². The summed E-state index contributed by atoms with van der Waals surface area (Å²) in [6.07, 6.45) is 0.848. The molecule has 94 valence electrons. The summed E-state index contributed by atoms with van der Waals surface area (Å²) in [5, 5.41) is 0. The Morgan fingerprint density at radius 2 is 2.00 bits per heavy atom. The summed E-state index contributed by atoms with van der Waals surface area (Å²) in [4.78, 5) is 0. The van der Waals surface area contributed by atoms with Crippen LogP contribution < -0.4 is 4.31 Å². The second-order valence-corrected chi connectivity index (χ2v) is 7.00. The number of rotatable bonds is 1. The monoisotopic (exact) mass is 318 g/mol. The Bertz CT molecular complexity index is 530. The SMILES string of the molecule is Cc1ccc(N2CCCN(C)S2(=O)=O)cc1Br. The van der Waals surface area contributed by atoms with Gasteiger partial charge in [-0.2, -0.15) is 12.7 Å². The fourth-order valence-electron chi connectivity index (χ4n) is 1.84. The van der Waals surface area contributed by atoms with Crippen molar-refractivity contribution in [1.82, 2.24) is 4.31 Å². The molecule has 2 rings (SSSR count). The molecule has 1 aromatic rings. The molecule has 1 aliphatic heterocycles. The van der Waals surface area contributed by atoms with E-state index in [1.165, 1.54) is 8.61 Å². The lowest BCUT2D eigenvalue weighted by atomic mass is 10.2. The molecule has 0 amide bonds. The second kappa shape index (κ2) is 4.59. The molecule has 1 fully saturated rings. The van der Waals surface area contributed by atoms with Crippen molar-refractivity contribution in [2.75, 3.05) is 24.4 Å². The van der Waals surface area contributed by atoms with E-state index in [1.54, 1.807) is 7.05 Å². The van der Waals surface area contributed by atoms with Crippen molar-refractivity contribution in [1.29, 1.82) is 0 Å². The molecule has 0 spiro atoms. The highest BCUT2D eigenvalue weighted by atomic mass is 79.9. The normalized spacial score (nSPS) is 20.5. The van der Waals surface area contributed by atoms with Gasteiger partial charge in [0, 0.05) is 24.6 Å². The van der Waals surface area contributed by atoms with Crippen molar-refractivity contribution in [3.05, 3.63) is 28.2 Å². The fraction of sp³-hybridized carbons (Fsp3) is 0.455. The lowest BCUT2D eigenvalue weighted by Crippen LogP contribution is -2.47. The Balaban J connectivity index is 2.42. The van der Waals surface area contributed by atoms with Crippen LogP contribution in [-0.4, -0.2) is 32.9 Å². The predicted octanol–water partition coefficient (Wildman–Crippen LogP) is 2.14. The van der Waals surface area contributed by atoms with E-state index >= 15 is 0 Å². The number of aryl methyl sites for hydroxylation is 1. The van der Waals surface area contributed by atoms with Crippen molar-refractivity contribution in [2.45, 2.75) is 13.3 Å². The first kappa shape index (κ1) is 12.9. The zero-order valence-electron chi connectivity index (χ0n) is 9.85. The van der Waals surface area contributed by atoms with Gasteiger partial charge in [0.25, 0.3) is 0 Å². The van der Waals surface area contributed by atoms with E-state index in [4.69, 9.17) is 0 Å². The predicted molar refractivity (Wildman–Crippen MR) is 72.4 cm³/mol. The van der Waals surface area contributed by atoms with Crippen LogP contribution in [0.4, 0.5) is 5.69 Å². The highest BCUT2D eigenvalue weighted by Gasteiger charge is 2.30. The Morgan fingerprint density at radius 3 is 2.65 bits per heavy atom. The van der Waals surface area contributed by atoms with Gasteiger partial charge in [-0.25, -0.2) is 0 Å². The number of hydrogen-bond donors (Lipinski definition) is 0. The average Bonchev–Trinajstić information content (AvgIpc) is 2.26. The van der Waals surface area contributed by atoms with Gasteiger partial charge in [0.15, 0.2) is 0 Å². The van der Waals surface area contributed by atoms with Crippen LogP contribution in [0.5, 0.6) is 0 Å². The van der Waals surface area contributed by atoms with Gasteiger partial charge in [-0.1, -0.05) is 22.0 Å². The first-order valence-electron chi connectivity index (χ1n) is 5.43. The van der Waals surface area contributed by atoms with E-state index in [2.05, 4.69) is 15.9 Å². The highest BCUT2D eigenvalue weighted by molar-refractivity contribution is 9.10. The molecule has 0 N–H and O–H groups in total. The van der Waals surface area contributed by atoms with Gasteiger partial charge in [-0.05, 0) is 31.0 Å². The Morgan fingerprint density at radius 1 is 1.29 bits per heavy atom. The van der Waals surface area contributed by atoms with E-state index in [0.717, 1.165) is 16.5 Å². The maximum absolute atomic E-state index is 12.1. The topological polar surface area (TPSA) is 40.6 Å². The molecule has 0 aromatic heterocycles. The van der Waals surface area contributed by atoms with Crippen LogP contribution in [0, 0.1) is 6.92 Å². The summed E-state index contributed by atoms with van der Waals surface area (Å²) in [7, 11) is -1.72. The fourth-order valence-corrected chi connectivity index (χ4v) is 3.64. The molecule has 1 aliphatic rings. The molecule has 1 saturated heterocycles. The molecule has 0 atom stereocenters. The first-order chi connectivity index (χ1) is 7.93. The Kier molecular flexibility index (Phi) is 3.47. The van der Waals surface area contributed by atoms with Crippen LogP contribution >= 0.6 is 15.9 Å². The number of halogens is 1. The van der Waals surface area contributed by atoms with E-state index in [-0.39, 0.29) is 0 Å². The number of hydrogen-bond acceptors (Lipinski definition) is 2. The number of benzene rings is 1. The smallest absolute Gasteiger partial charge is 0.258 e. The third-order valence-corrected chi connectivity index (χ3v) is 5.73. The van der Waals surface area contributed by atoms with Crippen molar-refractivity contribution in [3.8, 4) is 0 Å². The van der Waals surface area contributed by atoms with E-state index < -0.39 is 10.2 Å². The second-order valence-electron chi connectivity index (χ2n) is 4.19. The van der Waals surface area contributed by atoms with Crippen molar-refractivity contribution in [2.24, 2.45) is 0 Å². The van der Waals surface area contributed by atoms with Gasteiger partial charge in [-0.3, -0.25) is 4.31 Å². The molecular formula is C11H15BrN2O2S. The van der Waals surface area contributed by atoms with Gasteiger partial charge in [0.2, 0.25) is 0 Å².